The number of esters is 1. The topological polar surface area (TPSA) is 46.5 Å². The van der Waals surface area contributed by atoms with E-state index in [9.17, 15) is 9.90 Å². The van der Waals surface area contributed by atoms with Gasteiger partial charge in [0.15, 0.2) is 0 Å². The third-order valence-electron chi connectivity index (χ3n) is 1.85. The standard InChI is InChI=1S/C8H17O3Si/c1-6-11-7(9)8(2,10)12(3,4)5/h10H,2,6H2,1,3-5H3. The average molecular weight is 189 g/mol. The maximum absolute atomic E-state index is 11.2. The highest BCUT2D eigenvalue weighted by Crippen LogP contribution is 2.20. The first-order valence-corrected chi connectivity index (χ1v) is 7.48. The average Bonchev–Trinajstić information content (AvgIpc) is 1.85. The van der Waals surface area contributed by atoms with E-state index in [0.717, 1.165) is 0 Å². The number of carbonyl (C=O) groups is 1. The fraction of sp³-hybridized carbons (Fsp3) is 0.750. The molecule has 12 heavy (non-hydrogen) atoms. The summed E-state index contributed by atoms with van der Waals surface area (Å²) >= 11 is 0. The second-order valence-electron chi connectivity index (χ2n) is 3.83. The van der Waals surface area contributed by atoms with Crippen LogP contribution in [0.25, 0.3) is 0 Å². The molecular formula is C8H17O3Si. The van der Waals surface area contributed by atoms with Gasteiger partial charge in [0.05, 0.1) is 14.7 Å². The van der Waals surface area contributed by atoms with Gasteiger partial charge >= 0.3 is 5.97 Å². The van der Waals surface area contributed by atoms with Crippen LogP contribution < -0.4 is 0 Å². The van der Waals surface area contributed by atoms with Crippen molar-refractivity contribution in [1.82, 2.24) is 0 Å². The van der Waals surface area contributed by atoms with Gasteiger partial charge in [-0.15, -0.1) is 0 Å². The van der Waals surface area contributed by atoms with Crippen LogP contribution in [0.2, 0.25) is 19.6 Å². The smallest absolute Gasteiger partial charge is 0.334 e. The van der Waals surface area contributed by atoms with Crippen LogP contribution in [0.1, 0.15) is 6.92 Å². The molecule has 1 N–H and O–H groups in total. The first kappa shape index (κ1) is 11.6. The number of hydrogen-bond acceptors (Lipinski definition) is 3. The van der Waals surface area contributed by atoms with Crippen molar-refractivity contribution in [2.45, 2.75) is 31.8 Å². The second kappa shape index (κ2) is 3.58. The number of carbonyl (C=O) groups excluding carboxylic acids is 1. The lowest BCUT2D eigenvalue weighted by Gasteiger charge is -2.32. The lowest BCUT2D eigenvalue weighted by Crippen LogP contribution is -2.56. The van der Waals surface area contributed by atoms with Crippen LogP contribution in [0.15, 0.2) is 0 Å². The summed E-state index contributed by atoms with van der Waals surface area (Å²) in [6, 6.07) is 0. The summed E-state index contributed by atoms with van der Waals surface area (Å²) in [6.45, 7) is 11.1. The molecule has 0 aliphatic carbocycles. The minimum atomic E-state index is -2.02. The van der Waals surface area contributed by atoms with E-state index in [1.54, 1.807) is 6.92 Å². The van der Waals surface area contributed by atoms with Crippen LogP contribution in [0.4, 0.5) is 0 Å². The third kappa shape index (κ3) is 2.32. The molecule has 0 saturated carbocycles. The number of ether oxygens (including phenoxy) is 1. The Balaban J connectivity index is 4.50. The molecule has 0 aromatic heterocycles. The van der Waals surface area contributed by atoms with E-state index in [2.05, 4.69) is 6.92 Å². The van der Waals surface area contributed by atoms with Gasteiger partial charge in [0.2, 0.25) is 0 Å². The maximum Gasteiger partial charge on any atom is 0.334 e. The molecule has 0 aliphatic heterocycles. The van der Waals surface area contributed by atoms with Crippen molar-refractivity contribution >= 4 is 14.0 Å². The lowest BCUT2D eigenvalue weighted by atomic mass is 10.4. The van der Waals surface area contributed by atoms with Gasteiger partial charge in [-0.3, -0.25) is 0 Å². The summed E-state index contributed by atoms with van der Waals surface area (Å²) in [5, 5.41) is 8.20. The normalized spacial score (nSPS) is 16.8. The molecule has 1 radical (unpaired) electrons. The molecule has 0 bridgehead atoms. The first-order chi connectivity index (χ1) is 5.23. The molecule has 3 nitrogen and oxygen atoms in total. The molecule has 0 saturated heterocycles. The molecule has 1 atom stereocenters. The predicted octanol–water partition coefficient (Wildman–Crippen LogP) is 0.992. The van der Waals surface area contributed by atoms with Crippen LogP contribution in [0, 0.1) is 6.92 Å². The van der Waals surface area contributed by atoms with E-state index in [1.807, 2.05) is 19.6 Å². The molecular weight excluding hydrogens is 172 g/mol. The molecule has 1 unspecified atom stereocenters. The number of hydrogen-bond donors (Lipinski definition) is 1. The lowest BCUT2D eigenvalue weighted by molar-refractivity contribution is -0.154. The number of aliphatic hydroxyl groups is 1. The van der Waals surface area contributed by atoms with Gasteiger partial charge in [-0.1, -0.05) is 19.6 Å². The highest BCUT2D eigenvalue weighted by Gasteiger charge is 2.45. The van der Waals surface area contributed by atoms with E-state index in [4.69, 9.17) is 4.74 Å². The van der Waals surface area contributed by atoms with Crippen LogP contribution >= 0.6 is 0 Å². The van der Waals surface area contributed by atoms with Crippen molar-refractivity contribution < 1.29 is 14.6 Å². The largest absolute Gasteiger partial charge is 0.464 e. The fourth-order valence-electron chi connectivity index (χ4n) is 0.557. The highest BCUT2D eigenvalue weighted by atomic mass is 28.3. The van der Waals surface area contributed by atoms with Crippen LogP contribution in [-0.2, 0) is 9.53 Å². The minimum absolute atomic E-state index is 0.279. The Morgan fingerprint density at radius 3 is 2.25 bits per heavy atom. The summed E-state index contributed by atoms with van der Waals surface area (Å²) in [5.74, 6) is -0.607. The van der Waals surface area contributed by atoms with Gasteiger partial charge in [0.25, 0.3) is 0 Å². The highest BCUT2D eigenvalue weighted by molar-refractivity contribution is 6.82. The Morgan fingerprint density at radius 1 is 1.58 bits per heavy atom. The molecule has 0 aromatic rings. The monoisotopic (exact) mass is 189 g/mol. The number of rotatable bonds is 3. The van der Waals surface area contributed by atoms with E-state index in [1.165, 1.54) is 0 Å². The van der Waals surface area contributed by atoms with E-state index in [0.29, 0.717) is 0 Å². The molecule has 0 aromatic carbocycles. The molecule has 0 heterocycles. The van der Waals surface area contributed by atoms with Gasteiger partial charge < -0.3 is 9.84 Å². The molecule has 0 spiro atoms. The summed E-state index contributed by atoms with van der Waals surface area (Å²) in [5.41, 5.74) is 0. The Kier molecular flexibility index (Phi) is 3.47. The van der Waals surface area contributed by atoms with Crippen LogP contribution in [0.5, 0.6) is 0 Å². The van der Waals surface area contributed by atoms with Crippen molar-refractivity contribution in [3.05, 3.63) is 6.92 Å². The van der Waals surface area contributed by atoms with Crippen LogP contribution in [-0.4, -0.2) is 31.0 Å². The van der Waals surface area contributed by atoms with Gasteiger partial charge in [-0.25, -0.2) is 4.79 Å². The summed E-state index contributed by atoms with van der Waals surface area (Å²) in [4.78, 5) is 11.2. The molecule has 0 aliphatic rings. The zero-order valence-electron chi connectivity index (χ0n) is 8.18. The fourth-order valence-corrected chi connectivity index (χ4v) is 1.24. The van der Waals surface area contributed by atoms with Gasteiger partial charge in [-0.2, -0.15) is 0 Å². The Hall–Kier alpha value is -0.353. The zero-order valence-corrected chi connectivity index (χ0v) is 9.18. The van der Waals surface area contributed by atoms with E-state index >= 15 is 0 Å². The van der Waals surface area contributed by atoms with Gasteiger partial charge in [0, 0.05) is 0 Å². The van der Waals surface area contributed by atoms with Crippen molar-refractivity contribution in [3.63, 3.8) is 0 Å². The van der Waals surface area contributed by atoms with Crippen molar-refractivity contribution in [3.8, 4) is 0 Å². The maximum atomic E-state index is 11.2. The molecule has 71 valence electrons. The molecule has 0 amide bonds. The molecule has 0 fully saturated rings. The predicted molar refractivity (Wildman–Crippen MR) is 50.3 cm³/mol. The quantitative estimate of drug-likeness (QED) is 0.532. The summed E-state index contributed by atoms with van der Waals surface area (Å²) < 4.78 is 4.72. The first-order valence-electron chi connectivity index (χ1n) is 3.98. The van der Waals surface area contributed by atoms with E-state index in [-0.39, 0.29) is 6.61 Å². The Labute approximate surface area is 74.7 Å². The van der Waals surface area contributed by atoms with Crippen molar-refractivity contribution in [2.75, 3.05) is 6.61 Å². The summed E-state index contributed by atoms with van der Waals surface area (Å²) in [7, 11) is -2.02. The molecule has 4 heteroatoms. The summed E-state index contributed by atoms with van der Waals surface area (Å²) in [6.07, 6.45) is 0. The van der Waals surface area contributed by atoms with Crippen molar-refractivity contribution in [1.29, 1.82) is 0 Å². The van der Waals surface area contributed by atoms with Crippen LogP contribution in [0.3, 0.4) is 0 Å². The second-order valence-corrected chi connectivity index (χ2v) is 9.16. The van der Waals surface area contributed by atoms with Crippen molar-refractivity contribution in [2.24, 2.45) is 0 Å². The van der Waals surface area contributed by atoms with Gasteiger partial charge in [0.1, 0.15) is 5.22 Å². The SMILES string of the molecule is [CH2]C(O)(C(=O)OCC)[Si](C)(C)C. The minimum Gasteiger partial charge on any atom is -0.464 e. The third-order valence-corrected chi connectivity index (χ3v) is 4.54. The zero-order chi connectivity index (χ0) is 9.99. The van der Waals surface area contributed by atoms with E-state index < -0.39 is 19.3 Å². The van der Waals surface area contributed by atoms with Gasteiger partial charge in [-0.05, 0) is 13.8 Å². The Bertz CT molecular complexity index is 170. The molecule has 0 rings (SSSR count). The Morgan fingerprint density at radius 2 is 2.00 bits per heavy atom.